The monoisotopic (exact) mass is 233 g/mol. The molecule has 4 heteroatoms. The van der Waals surface area contributed by atoms with Crippen LogP contribution in [0.25, 0.3) is 10.6 Å². The van der Waals surface area contributed by atoms with Gasteiger partial charge in [-0.3, -0.25) is 4.68 Å². The van der Waals surface area contributed by atoms with Crippen molar-refractivity contribution in [2.45, 2.75) is 25.8 Å². The summed E-state index contributed by atoms with van der Waals surface area (Å²) in [4.78, 5) is 1.15. The Hall–Kier alpha value is -1.29. The second-order valence-corrected chi connectivity index (χ2v) is 5.42. The topological polar surface area (TPSA) is 43.8 Å². The average Bonchev–Trinajstić information content (AvgIpc) is 2.84. The Bertz CT molecular complexity index is 482. The molecule has 1 aliphatic rings. The summed E-state index contributed by atoms with van der Waals surface area (Å²) in [5.74, 6) is 0.801. The molecule has 2 aromatic heterocycles. The first-order chi connectivity index (χ1) is 7.75. The van der Waals surface area contributed by atoms with Gasteiger partial charge >= 0.3 is 0 Å². The van der Waals surface area contributed by atoms with Crippen LogP contribution in [-0.2, 0) is 0 Å². The van der Waals surface area contributed by atoms with Crippen molar-refractivity contribution in [1.82, 2.24) is 9.78 Å². The van der Waals surface area contributed by atoms with E-state index in [1.807, 2.05) is 16.9 Å². The molecule has 0 spiro atoms. The Balaban J connectivity index is 1.95. The van der Waals surface area contributed by atoms with E-state index in [1.165, 1.54) is 12.8 Å². The Labute approximate surface area is 98.9 Å². The fourth-order valence-corrected chi connectivity index (χ4v) is 2.75. The lowest BCUT2D eigenvalue weighted by Gasteiger charge is -2.09. The van der Waals surface area contributed by atoms with Gasteiger partial charge in [-0.15, -0.1) is 11.3 Å². The highest BCUT2D eigenvalue weighted by Gasteiger charge is 2.30. The van der Waals surface area contributed by atoms with Crippen LogP contribution in [0.3, 0.4) is 0 Å². The second-order valence-electron chi connectivity index (χ2n) is 4.47. The quantitative estimate of drug-likeness (QED) is 0.885. The van der Waals surface area contributed by atoms with Gasteiger partial charge in [0.05, 0.1) is 16.6 Å². The largest absolute Gasteiger partial charge is 0.396 e. The number of nitrogens with zero attached hydrogens (tertiary/aromatic N) is 2. The van der Waals surface area contributed by atoms with E-state index in [1.54, 1.807) is 11.3 Å². The van der Waals surface area contributed by atoms with Crippen LogP contribution in [0.4, 0.5) is 5.69 Å². The van der Waals surface area contributed by atoms with Crippen LogP contribution in [0.2, 0.25) is 0 Å². The van der Waals surface area contributed by atoms with Crippen LogP contribution in [0.15, 0.2) is 23.7 Å². The van der Waals surface area contributed by atoms with Crippen molar-refractivity contribution in [3.8, 4) is 10.6 Å². The molecule has 0 bridgehead atoms. The molecule has 16 heavy (non-hydrogen) atoms. The lowest BCUT2D eigenvalue weighted by Crippen LogP contribution is -2.07. The SMILES string of the molecule is CC(C1CC1)n1cc(N)c(-c2cccs2)n1. The Morgan fingerprint density at radius 3 is 3.00 bits per heavy atom. The van der Waals surface area contributed by atoms with Crippen molar-refractivity contribution in [2.24, 2.45) is 5.92 Å². The van der Waals surface area contributed by atoms with E-state index in [2.05, 4.69) is 23.5 Å². The van der Waals surface area contributed by atoms with E-state index >= 15 is 0 Å². The number of thiophene rings is 1. The Morgan fingerprint density at radius 2 is 2.38 bits per heavy atom. The summed E-state index contributed by atoms with van der Waals surface area (Å²) in [5.41, 5.74) is 7.73. The van der Waals surface area contributed by atoms with E-state index < -0.39 is 0 Å². The van der Waals surface area contributed by atoms with E-state index in [9.17, 15) is 0 Å². The van der Waals surface area contributed by atoms with Crippen LogP contribution in [0, 0.1) is 5.92 Å². The van der Waals surface area contributed by atoms with E-state index in [-0.39, 0.29) is 0 Å². The van der Waals surface area contributed by atoms with Crippen LogP contribution >= 0.6 is 11.3 Å². The van der Waals surface area contributed by atoms with Gasteiger partial charge in [0.25, 0.3) is 0 Å². The van der Waals surface area contributed by atoms with Crippen molar-refractivity contribution in [3.63, 3.8) is 0 Å². The van der Waals surface area contributed by atoms with E-state index in [4.69, 9.17) is 5.73 Å². The second kappa shape index (κ2) is 3.63. The average molecular weight is 233 g/mol. The minimum absolute atomic E-state index is 0.482. The first-order valence-electron chi connectivity index (χ1n) is 5.64. The number of nitrogen functional groups attached to an aromatic ring is 1. The van der Waals surface area contributed by atoms with Gasteiger partial charge in [-0.05, 0) is 37.1 Å². The third-order valence-electron chi connectivity index (χ3n) is 3.24. The minimum Gasteiger partial charge on any atom is -0.396 e. The first kappa shape index (κ1) is 9.90. The predicted octanol–water partition coefficient (Wildman–Crippen LogP) is 3.16. The van der Waals surface area contributed by atoms with Crippen molar-refractivity contribution in [2.75, 3.05) is 5.73 Å². The maximum Gasteiger partial charge on any atom is 0.125 e. The lowest BCUT2D eigenvalue weighted by atomic mass is 10.2. The smallest absolute Gasteiger partial charge is 0.125 e. The zero-order chi connectivity index (χ0) is 11.1. The maximum absolute atomic E-state index is 6.01. The molecule has 2 N–H and O–H groups in total. The van der Waals surface area contributed by atoms with Crippen LogP contribution in [-0.4, -0.2) is 9.78 Å². The Morgan fingerprint density at radius 1 is 1.56 bits per heavy atom. The number of hydrogen-bond acceptors (Lipinski definition) is 3. The highest BCUT2D eigenvalue weighted by Crippen LogP contribution is 2.40. The van der Waals surface area contributed by atoms with Crippen molar-refractivity contribution < 1.29 is 0 Å². The van der Waals surface area contributed by atoms with Crippen molar-refractivity contribution in [3.05, 3.63) is 23.7 Å². The molecule has 84 valence electrons. The first-order valence-corrected chi connectivity index (χ1v) is 6.52. The summed E-state index contributed by atoms with van der Waals surface area (Å²) in [5, 5.41) is 6.67. The van der Waals surface area contributed by atoms with Gasteiger partial charge < -0.3 is 5.73 Å². The third kappa shape index (κ3) is 1.63. The Kier molecular flexibility index (Phi) is 2.24. The molecule has 2 aromatic rings. The fourth-order valence-electron chi connectivity index (χ4n) is 2.01. The third-order valence-corrected chi connectivity index (χ3v) is 4.11. The van der Waals surface area contributed by atoms with Gasteiger partial charge in [0.1, 0.15) is 5.69 Å². The zero-order valence-electron chi connectivity index (χ0n) is 9.26. The standard InChI is InChI=1S/C12H15N3S/c1-8(9-4-5-9)15-7-10(13)12(14-15)11-3-2-6-16-11/h2-3,6-9H,4-5,13H2,1H3. The summed E-state index contributed by atoms with van der Waals surface area (Å²) in [6, 6.07) is 4.58. The zero-order valence-corrected chi connectivity index (χ0v) is 10.1. The molecule has 1 saturated carbocycles. The molecular weight excluding hydrogens is 218 g/mol. The number of anilines is 1. The number of rotatable bonds is 3. The van der Waals surface area contributed by atoms with E-state index in [0.29, 0.717) is 6.04 Å². The molecule has 1 aliphatic carbocycles. The summed E-state index contributed by atoms with van der Waals surface area (Å²) in [6.45, 7) is 2.22. The number of nitrogens with two attached hydrogens (primary N) is 1. The van der Waals surface area contributed by atoms with Gasteiger partial charge in [-0.1, -0.05) is 6.07 Å². The molecule has 0 saturated heterocycles. The number of hydrogen-bond donors (Lipinski definition) is 1. The molecule has 0 aliphatic heterocycles. The molecule has 1 atom stereocenters. The molecule has 1 unspecified atom stereocenters. The predicted molar refractivity (Wildman–Crippen MR) is 67.4 cm³/mol. The summed E-state index contributed by atoms with van der Waals surface area (Å²) < 4.78 is 2.03. The van der Waals surface area contributed by atoms with E-state index in [0.717, 1.165) is 22.2 Å². The molecule has 0 radical (unpaired) electrons. The van der Waals surface area contributed by atoms with Gasteiger partial charge in [0.15, 0.2) is 0 Å². The van der Waals surface area contributed by atoms with Crippen molar-refractivity contribution >= 4 is 17.0 Å². The summed E-state index contributed by atoms with van der Waals surface area (Å²) >= 11 is 1.68. The molecule has 2 heterocycles. The highest BCUT2D eigenvalue weighted by atomic mass is 32.1. The molecular formula is C12H15N3S. The molecule has 0 amide bonds. The molecule has 0 aromatic carbocycles. The van der Waals surface area contributed by atoms with Gasteiger partial charge in [0, 0.05) is 6.20 Å². The van der Waals surface area contributed by atoms with Crippen LogP contribution < -0.4 is 5.73 Å². The van der Waals surface area contributed by atoms with Gasteiger partial charge in [-0.2, -0.15) is 5.10 Å². The van der Waals surface area contributed by atoms with Crippen molar-refractivity contribution in [1.29, 1.82) is 0 Å². The minimum atomic E-state index is 0.482. The molecule has 1 fully saturated rings. The number of aromatic nitrogens is 2. The van der Waals surface area contributed by atoms with Gasteiger partial charge in [-0.25, -0.2) is 0 Å². The van der Waals surface area contributed by atoms with Crippen LogP contribution in [0.1, 0.15) is 25.8 Å². The highest BCUT2D eigenvalue weighted by molar-refractivity contribution is 7.13. The van der Waals surface area contributed by atoms with Gasteiger partial charge in [0.2, 0.25) is 0 Å². The summed E-state index contributed by atoms with van der Waals surface area (Å²) in [7, 11) is 0. The molecule has 3 nitrogen and oxygen atoms in total. The van der Waals surface area contributed by atoms with Crippen LogP contribution in [0.5, 0.6) is 0 Å². The lowest BCUT2D eigenvalue weighted by molar-refractivity contribution is 0.441. The maximum atomic E-state index is 6.01. The molecule has 3 rings (SSSR count). The fraction of sp³-hybridized carbons (Fsp3) is 0.417. The normalized spacial score (nSPS) is 17.6. The summed E-state index contributed by atoms with van der Waals surface area (Å²) in [6.07, 6.45) is 4.63.